The second kappa shape index (κ2) is 11.4. The fourth-order valence-corrected chi connectivity index (χ4v) is 3.85. The standard InChI is InChI=1S/C29H24ClNO5/c1-34-25-15-12-20(16-21(25)18-36-27-11-7-6-10-26(27)35-2)29(33)31-24-14-13-22(30)17-23(24)28(32)19-8-4-3-5-9-19/h3-17H,18H2,1-2H3,(H,31,33). The molecule has 0 radical (unpaired) electrons. The van der Waals surface area contributed by atoms with Crippen LogP contribution in [0.2, 0.25) is 5.02 Å². The van der Waals surface area contributed by atoms with Crippen LogP contribution in [0.4, 0.5) is 5.69 Å². The molecule has 0 heterocycles. The molecule has 0 aliphatic rings. The first-order valence-corrected chi connectivity index (χ1v) is 11.5. The van der Waals surface area contributed by atoms with Crippen molar-refractivity contribution in [2.45, 2.75) is 6.61 Å². The fraction of sp³-hybridized carbons (Fsp3) is 0.103. The molecule has 6 nitrogen and oxygen atoms in total. The SMILES string of the molecule is COc1ccc(C(=O)Nc2ccc(Cl)cc2C(=O)c2ccccc2)cc1COc1ccccc1OC. The Morgan fingerprint density at radius 3 is 2.17 bits per heavy atom. The van der Waals surface area contributed by atoms with Gasteiger partial charge in [0, 0.05) is 27.3 Å². The Morgan fingerprint density at radius 1 is 0.750 bits per heavy atom. The van der Waals surface area contributed by atoms with E-state index in [2.05, 4.69) is 5.32 Å². The minimum Gasteiger partial charge on any atom is -0.496 e. The molecule has 0 fully saturated rings. The summed E-state index contributed by atoms with van der Waals surface area (Å²) in [5.74, 6) is 1.12. The number of carbonyl (C=O) groups excluding carboxylic acids is 2. The summed E-state index contributed by atoms with van der Waals surface area (Å²) in [6, 6.07) is 26.0. The summed E-state index contributed by atoms with van der Waals surface area (Å²) in [7, 11) is 3.12. The number of para-hydroxylation sites is 2. The van der Waals surface area contributed by atoms with Gasteiger partial charge in [-0.15, -0.1) is 0 Å². The molecule has 0 saturated heterocycles. The minimum absolute atomic E-state index is 0.156. The zero-order valence-corrected chi connectivity index (χ0v) is 20.5. The molecular formula is C29H24ClNO5. The van der Waals surface area contributed by atoms with E-state index in [0.29, 0.717) is 50.2 Å². The van der Waals surface area contributed by atoms with Crippen LogP contribution in [-0.4, -0.2) is 25.9 Å². The van der Waals surface area contributed by atoms with E-state index in [-0.39, 0.29) is 18.3 Å². The van der Waals surface area contributed by atoms with Gasteiger partial charge in [-0.3, -0.25) is 9.59 Å². The number of hydrogen-bond donors (Lipinski definition) is 1. The minimum atomic E-state index is -0.388. The van der Waals surface area contributed by atoms with E-state index in [1.807, 2.05) is 18.2 Å². The smallest absolute Gasteiger partial charge is 0.255 e. The fourth-order valence-electron chi connectivity index (χ4n) is 3.68. The lowest BCUT2D eigenvalue weighted by Crippen LogP contribution is -2.16. The molecule has 0 aromatic heterocycles. The van der Waals surface area contributed by atoms with Crippen molar-refractivity contribution in [1.29, 1.82) is 0 Å². The Labute approximate surface area is 214 Å². The summed E-state index contributed by atoms with van der Waals surface area (Å²) >= 11 is 6.16. The van der Waals surface area contributed by atoms with Gasteiger partial charge in [-0.25, -0.2) is 0 Å². The Morgan fingerprint density at radius 2 is 1.44 bits per heavy atom. The monoisotopic (exact) mass is 501 g/mol. The van der Waals surface area contributed by atoms with E-state index in [9.17, 15) is 9.59 Å². The Balaban J connectivity index is 1.58. The van der Waals surface area contributed by atoms with E-state index in [1.54, 1.807) is 87.0 Å². The average Bonchev–Trinajstić information content (AvgIpc) is 2.92. The molecule has 0 atom stereocenters. The van der Waals surface area contributed by atoms with Crippen LogP contribution in [-0.2, 0) is 6.61 Å². The third-order valence-corrected chi connectivity index (χ3v) is 5.74. The number of halogens is 1. The van der Waals surface area contributed by atoms with Gasteiger partial charge in [0.1, 0.15) is 12.4 Å². The normalized spacial score (nSPS) is 10.4. The number of rotatable bonds is 9. The molecule has 36 heavy (non-hydrogen) atoms. The first-order chi connectivity index (χ1) is 17.5. The molecule has 0 aliphatic heterocycles. The van der Waals surface area contributed by atoms with E-state index in [4.69, 9.17) is 25.8 Å². The van der Waals surface area contributed by atoms with E-state index in [1.165, 1.54) is 0 Å². The second-order valence-corrected chi connectivity index (χ2v) is 8.24. The van der Waals surface area contributed by atoms with Gasteiger partial charge >= 0.3 is 0 Å². The van der Waals surface area contributed by atoms with Crippen LogP contribution < -0.4 is 19.5 Å². The number of ketones is 1. The zero-order valence-electron chi connectivity index (χ0n) is 19.8. The van der Waals surface area contributed by atoms with Crippen LogP contribution in [0.5, 0.6) is 17.2 Å². The third kappa shape index (κ3) is 5.67. The lowest BCUT2D eigenvalue weighted by atomic mass is 10.0. The van der Waals surface area contributed by atoms with Crippen molar-refractivity contribution in [3.63, 3.8) is 0 Å². The summed E-state index contributed by atoms with van der Waals surface area (Å²) in [4.78, 5) is 26.3. The molecule has 182 valence electrons. The van der Waals surface area contributed by atoms with Gasteiger partial charge in [-0.2, -0.15) is 0 Å². The van der Waals surface area contributed by atoms with Crippen LogP contribution in [0, 0.1) is 0 Å². The second-order valence-electron chi connectivity index (χ2n) is 7.81. The lowest BCUT2D eigenvalue weighted by molar-refractivity contribution is 0.102. The maximum absolute atomic E-state index is 13.2. The molecule has 4 aromatic rings. The highest BCUT2D eigenvalue weighted by Gasteiger charge is 2.18. The van der Waals surface area contributed by atoms with Crippen molar-refractivity contribution in [3.8, 4) is 17.2 Å². The highest BCUT2D eigenvalue weighted by molar-refractivity contribution is 6.31. The van der Waals surface area contributed by atoms with Gasteiger partial charge in [0.05, 0.1) is 19.9 Å². The number of amides is 1. The Kier molecular flexibility index (Phi) is 7.88. The predicted molar refractivity (Wildman–Crippen MR) is 140 cm³/mol. The van der Waals surface area contributed by atoms with Gasteiger partial charge < -0.3 is 19.5 Å². The number of hydrogen-bond acceptors (Lipinski definition) is 5. The number of ether oxygens (including phenoxy) is 3. The largest absolute Gasteiger partial charge is 0.496 e. The van der Waals surface area contributed by atoms with Crippen LogP contribution in [0.15, 0.2) is 91.0 Å². The molecule has 7 heteroatoms. The highest BCUT2D eigenvalue weighted by atomic mass is 35.5. The van der Waals surface area contributed by atoms with Crippen LogP contribution in [0.1, 0.15) is 31.8 Å². The average molecular weight is 502 g/mol. The number of methoxy groups -OCH3 is 2. The van der Waals surface area contributed by atoms with Crippen molar-refractivity contribution < 1.29 is 23.8 Å². The summed E-state index contributed by atoms with van der Waals surface area (Å²) < 4.78 is 16.7. The van der Waals surface area contributed by atoms with Gasteiger partial charge in [-0.05, 0) is 48.5 Å². The molecule has 0 bridgehead atoms. The Bertz CT molecular complexity index is 1390. The van der Waals surface area contributed by atoms with Crippen molar-refractivity contribution >= 4 is 29.0 Å². The number of carbonyl (C=O) groups is 2. The molecule has 1 amide bonds. The summed E-state index contributed by atoms with van der Waals surface area (Å²) in [5, 5.41) is 3.24. The van der Waals surface area contributed by atoms with Gasteiger partial charge in [-0.1, -0.05) is 54.1 Å². The number of benzene rings is 4. The van der Waals surface area contributed by atoms with Crippen LogP contribution >= 0.6 is 11.6 Å². The summed E-state index contributed by atoms with van der Waals surface area (Å²) in [6.45, 7) is 0.156. The summed E-state index contributed by atoms with van der Waals surface area (Å²) in [6.07, 6.45) is 0. The maximum atomic E-state index is 13.2. The molecule has 1 N–H and O–H groups in total. The molecule has 0 aliphatic carbocycles. The molecular weight excluding hydrogens is 478 g/mol. The molecule has 4 rings (SSSR count). The number of nitrogens with one attached hydrogen (secondary N) is 1. The number of anilines is 1. The summed E-state index contributed by atoms with van der Waals surface area (Å²) in [5.41, 5.74) is 2.21. The Hall–Kier alpha value is -4.29. The molecule has 4 aromatic carbocycles. The topological polar surface area (TPSA) is 73.9 Å². The van der Waals surface area contributed by atoms with Crippen molar-refractivity contribution in [2.24, 2.45) is 0 Å². The quantitative estimate of drug-likeness (QED) is 0.268. The van der Waals surface area contributed by atoms with Crippen LogP contribution in [0.3, 0.4) is 0 Å². The van der Waals surface area contributed by atoms with Gasteiger partial charge in [0.25, 0.3) is 5.91 Å². The van der Waals surface area contributed by atoms with Crippen molar-refractivity contribution in [2.75, 3.05) is 19.5 Å². The molecule has 0 saturated carbocycles. The molecule has 0 spiro atoms. The molecule has 0 unspecified atom stereocenters. The lowest BCUT2D eigenvalue weighted by Gasteiger charge is -2.15. The van der Waals surface area contributed by atoms with E-state index < -0.39 is 0 Å². The van der Waals surface area contributed by atoms with Crippen molar-refractivity contribution in [1.82, 2.24) is 0 Å². The maximum Gasteiger partial charge on any atom is 0.255 e. The van der Waals surface area contributed by atoms with E-state index >= 15 is 0 Å². The first-order valence-electron chi connectivity index (χ1n) is 11.1. The zero-order chi connectivity index (χ0) is 25.5. The first kappa shape index (κ1) is 24.8. The third-order valence-electron chi connectivity index (χ3n) is 5.51. The van der Waals surface area contributed by atoms with Gasteiger partial charge in [0.15, 0.2) is 17.3 Å². The van der Waals surface area contributed by atoms with Gasteiger partial charge in [0.2, 0.25) is 0 Å². The predicted octanol–water partition coefficient (Wildman–Crippen LogP) is 6.42. The van der Waals surface area contributed by atoms with Crippen molar-refractivity contribution in [3.05, 3.63) is 118 Å². The van der Waals surface area contributed by atoms with E-state index in [0.717, 1.165) is 0 Å². The highest BCUT2D eigenvalue weighted by Crippen LogP contribution is 2.29. The van der Waals surface area contributed by atoms with Crippen LogP contribution in [0.25, 0.3) is 0 Å².